The Bertz CT molecular complexity index is 208. The van der Waals surface area contributed by atoms with E-state index in [4.69, 9.17) is 0 Å². The van der Waals surface area contributed by atoms with Crippen LogP contribution in [0.3, 0.4) is 0 Å². The number of nitrogens with one attached hydrogen (secondary N) is 2. The topological polar surface area (TPSA) is 41.1 Å². The molecule has 1 saturated heterocycles. The lowest BCUT2D eigenvalue weighted by Crippen LogP contribution is -2.49. The average Bonchev–Trinajstić information content (AvgIpc) is 2.18. The van der Waals surface area contributed by atoms with Crippen LogP contribution in [0.5, 0.6) is 0 Å². The van der Waals surface area contributed by atoms with Gasteiger partial charge in [0.1, 0.15) is 0 Å². The first-order valence-electron chi connectivity index (χ1n) is 6.08. The van der Waals surface area contributed by atoms with Crippen molar-refractivity contribution in [3.05, 3.63) is 0 Å². The smallest absolute Gasteiger partial charge is 0.224 e. The van der Waals surface area contributed by atoms with Crippen LogP contribution < -0.4 is 10.6 Å². The highest BCUT2D eigenvalue weighted by molar-refractivity contribution is 5.79. The molecule has 0 spiro atoms. The zero-order valence-corrected chi connectivity index (χ0v) is 10.2. The van der Waals surface area contributed by atoms with Crippen LogP contribution in [0.4, 0.5) is 0 Å². The number of carbonyl (C=O) groups is 1. The van der Waals surface area contributed by atoms with Gasteiger partial charge in [-0.2, -0.15) is 0 Å². The molecule has 1 fully saturated rings. The maximum atomic E-state index is 11.9. The maximum Gasteiger partial charge on any atom is 0.224 e. The number of carbonyl (C=O) groups excluding carboxylic acids is 1. The Labute approximate surface area is 93.0 Å². The largest absolute Gasteiger partial charge is 0.351 e. The van der Waals surface area contributed by atoms with Gasteiger partial charge in [0.15, 0.2) is 0 Å². The van der Waals surface area contributed by atoms with Gasteiger partial charge in [-0.15, -0.1) is 0 Å². The van der Waals surface area contributed by atoms with Crippen LogP contribution in [0.15, 0.2) is 0 Å². The summed E-state index contributed by atoms with van der Waals surface area (Å²) < 4.78 is 0. The zero-order chi connectivity index (χ0) is 11.3. The van der Waals surface area contributed by atoms with E-state index >= 15 is 0 Å². The Kier molecular flexibility index (Phi) is 4.58. The molecule has 1 atom stereocenters. The standard InChI is InChI=1S/C12H24N2O/c1-4-7-12(2,3)14-11(15)10-6-5-8-13-9-10/h10,13H,4-9H2,1-3H3,(H,14,15). The summed E-state index contributed by atoms with van der Waals surface area (Å²) in [6, 6.07) is 0. The van der Waals surface area contributed by atoms with Gasteiger partial charge >= 0.3 is 0 Å². The maximum absolute atomic E-state index is 11.9. The van der Waals surface area contributed by atoms with Crippen molar-refractivity contribution < 1.29 is 4.79 Å². The Balaban J connectivity index is 2.39. The summed E-state index contributed by atoms with van der Waals surface area (Å²) in [6.45, 7) is 8.25. The summed E-state index contributed by atoms with van der Waals surface area (Å²) in [4.78, 5) is 11.9. The van der Waals surface area contributed by atoms with E-state index in [1.807, 2.05) is 0 Å². The molecule has 0 saturated carbocycles. The average molecular weight is 212 g/mol. The summed E-state index contributed by atoms with van der Waals surface area (Å²) in [5, 5.41) is 6.42. The van der Waals surface area contributed by atoms with E-state index in [2.05, 4.69) is 31.4 Å². The van der Waals surface area contributed by atoms with Crippen molar-refractivity contribution in [1.82, 2.24) is 10.6 Å². The minimum absolute atomic E-state index is 0.0523. The molecule has 2 N–H and O–H groups in total. The molecule has 1 heterocycles. The fraction of sp³-hybridized carbons (Fsp3) is 0.917. The fourth-order valence-corrected chi connectivity index (χ4v) is 2.20. The van der Waals surface area contributed by atoms with Crippen molar-refractivity contribution in [1.29, 1.82) is 0 Å². The lowest BCUT2D eigenvalue weighted by molar-refractivity contribution is -0.127. The highest BCUT2D eigenvalue weighted by atomic mass is 16.2. The van der Waals surface area contributed by atoms with Crippen LogP contribution in [-0.2, 0) is 4.79 Å². The molecule has 0 aromatic rings. The van der Waals surface area contributed by atoms with Gasteiger partial charge in [-0.25, -0.2) is 0 Å². The number of amides is 1. The van der Waals surface area contributed by atoms with Crippen molar-refractivity contribution in [2.75, 3.05) is 13.1 Å². The van der Waals surface area contributed by atoms with E-state index in [0.717, 1.165) is 38.8 Å². The lowest BCUT2D eigenvalue weighted by Gasteiger charge is -2.30. The second-order valence-corrected chi connectivity index (χ2v) is 5.17. The highest BCUT2D eigenvalue weighted by Gasteiger charge is 2.26. The van der Waals surface area contributed by atoms with Gasteiger partial charge in [0.25, 0.3) is 0 Å². The number of rotatable bonds is 4. The summed E-state index contributed by atoms with van der Waals surface area (Å²) in [7, 11) is 0. The van der Waals surface area contributed by atoms with Crippen LogP contribution >= 0.6 is 0 Å². The predicted octanol–water partition coefficient (Wildman–Crippen LogP) is 1.68. The van der Waals surface area contributed by atoms with Crippen molar-refractivity contribution in [2.45, 2.75) is 52.0 Å². The molecule has 1 aliphatic heterocycles. The molecule has 1 rings (SSSR count). The number of hydrogen-bond donors (Lipinski definition) is 2. The first kappa shape index (κ1) is 12.5. The molecule has 0 radical (unpaired) electrons. The van der Waals surface area contributed by atoms with Crippen molar-refractivity contribution >= 4 is 5.91 Å². The highest BCUT2D eigenvalue weighted by Crippen LogP contribution is 2.15. The van der Waals surface area contributed by atoms with Gasteiger partial charge in [-0.3, -0.25) is 4.79 Å². The summed E-state index contributed by atoms with van der Waals surface area (Å²) in [6.07, 6.45) is 4.29. The van der Waals surface area contributed by atoms with Crippen LogP contribution in [0, 0.1) is 5.92 Å². The van der Waals surface area contributed by atoms with Crippen LogP contribution in [0.2, 0.25) is 0 Å². The first-order valence-corrected chi connectivity index (χ1v) is 6.08. The molecule has 0 aliphatic carbocycles. The monoisotopic (exact) mass is 212 g/mol. The van der Waals surface area contributed by atoms with E-state index in [9.17, 15) is 4.79 Å². The van der Waals surface area contributed by atoms with E-state index in [-0.39, 0.29) is 17.4 Å². The molecular formula is C12H24N2O. The Morgan fingerprint density at radius 2 is 2.27 bits per heavy atom. The molecule has 3 heteroatoms. The normalized spacial score (nSPS) is 22.5. The van der Waals surface area contributed by atoms with E-state index < -0.39 is 0 Å². The predicted molar refractivity (Wildman–Crippen MR) is 62.7 cm³/mol. The van der Waals surface area contributed by atoms with Crippen molar-refractivity contribution in [3.8, 4) is 0 Å². The molecule has 0 aromatic heterocycles. The van der Waals surface area contributed by atoms with Gasteiger partial charge in [-0.05, 0) is 39.7 Å². The minimum Gasteiger partial charge on any atom is -0.351 e. The molecular weight excluding hydrogens is 188 g/mol. The Morgan fingerprint density at radius 3 is 2.80 bits per heavy atom. The van der Waals surface area contributed by atoms with Gasteiger partial charge in [0.2, 0.25) is 5.91 Å². The van der Waals surface area contributed by atoms with Gasteiger partial charge < -0.3 is 10.6 Å². The first-order chi connectivity index (χ1) is 7.05. The van der Waals surface area contributed by atoms with E-state index in [1.165, 1.54) is 0 Å². The minimum atomic E-state index is -0.0523. The molecule has 15 heavy (non-hydrogen) atoms. The number of hydrogen-bond acceptors (Lipinski definition) is 2. The Hall–Kier alpha value is -0.570. The fourth-order valence-electron chi connectivity index (χ4n) is 2.20. The second-order valence-electron chi connectivity index (χ2n) is 5.17. The molecule has 0 bridgehead atoms. The van der Waals surface area contributed by atoms with Gasteiger partial charge in [-0.1, -0.05) is 13.3 Å². The molecule has 88 valence electrons. The lowest BCUT2D eigenvalue weighted by atomic mass is 9.94. The third kappa shape index (κ3) is 4.20. The van der Waals surface area contributed by atoms with Gasteiger partial charge in [0.05, 0.1) is 5.92 Å². The molecule has 1 amide bonds. The zero-order valence-electron chi connectivity index (χ0n) is 10.2. The van der Waals surface area contributed by atoms with Crippen LogP contribution in [0.1, 0.15) is 46.5 Å². The molecule has 1 unspecified atom stereocenters. The van der Waals surface area contributed by atoms with Crippen LogP contribution in [0.25, 0.3) is 0 Å². The summed E-state index contributed by atoms with van der Waals surface area (Å²) in [5.41, 5.74) is -0.0523. The van der Waals surface area contributed by atoms with E-state index in [0.29, 0.717) is 0 Å². The van der Waals surface area contributed by atoms with Crippen molar-refractivity contribution in [3.63, 3.8) is 0 Å². The summed E-state index contributed by atoms with van der Waals surface area (Å²) >= 11 is 0. The SMILES string of the molecule is CCCC(C)(C)NC(=O)C1CCCNC1. The van der Waals surface area contributed by atoms with Crippen LogP contribution in [-0.4, -0.2) is 24.5 Å². The third-order valence-electron chi connectivity index (χ3n) is 3.00. The Morgan fingerprint density at radius 1 is 1.53 bits per heavy atom. The molecule has 0 aromatic carbocycles. The quantitative estimate of drug-likeness (QED) is 0.744. The second kappa shape index (κ2) is 5.50. The van der Waals surface area contributed by atoms with Crippen molar-refractivity contribution in [2.24, 2.45) is 5.92 Å². The van der Waals surface area contributed by atoms with E-state index in [1.54, 1.807) is 0 Å². The third-order valence-corrected chi connectivity index (χ3v) is 3.00. The van der Waals surface area contributed by atoms with Gasteiger partial charge in [0, 0.05) is 12.1 Å². The molecule has 1 aliphatic rings. The summed E-state index contributed by atoms with van der Waals surface area (Å²) in [5.74, 6) is 0.399. The number of piperidine rings is 1. The molecule has 3 nitrogen and oxygen atoms in total.